The van der Waals surface area contributed by atoms with E-state index in [1.54, 1.807) is 14.2 Å². The Morgan fingerprint density at radius 3 is 2.52 bits per heavy atom. The van der Waals surface area contributed by atoms with Gasteiger partial charge in [0.05, 0.1) is 27.3 Å². The van der Waals surface area contributed by atoms with Crippen LogP contribution in [0.25, 0.3) is 0 Å². The number of likely N-dealkylation sites (tertiary alicyclic amines) is 1. The van der Waals surface area contributed by atoms with Crippen molar-refractivity contribution in [1.29, 1.82) is 0 Å². The quantitative estimate of drug-likeness (QED) is 0.818. The minimum absolute atomic E-state index is 0.0965. The molecule has 2 atom stereocenters. The molecular formula is C18H29N2O3+. The number of hydrogen-bond acceptors (Lipinski definition) is 3. The van der Waals surface area contributed by atoms with Crippen molar-refractivity contribution in [2.75, 3.05) is 33.9 Å². The van der Waals surface area contributed by atoms with Crippen LogP contribution in [0.5, 0.6) is 11.5 Å². The standard InChI is InChI=1S/C18H28N2O3/c1-13-7-14(2)11-20(10-13)12-18(21)19-9-15-5-6-16(22-3)8-17(15)23-4/h5-6,8,13-14H,7,9-12H2,1-4H3,(H,19,21)/p+1/t13-,14-/m0/s1. The van der Waals surface area contributed by atoms with Crippen LogP contribution in [-0.2, 0) is 11.3 Å². The third kappa shape index (κ3) is 5.13. The zero-order chi connectivity index (χ0) is 16.8. The summed E-state index contributed by atoms with van der Waals surface area (Å²) in [7, 11) is 3.25. The van der Waals surface area contributed by atoms with Crippen LogP contribution in [0.4, 0.5) is 0 Å². The van der Waals surface area contributed by atoms with Crippen LogP contribution in [-0.4, -0.2) is 39.8 Å². The van der Waals surface area contributed by atoms with Gasteiger partial charge in [-0.05, 0) is 18.6 Å². The molecule has 0 unspecified atom stereocenters. The number of amides is 1. The molecule has 0 spiro atoms. The molecule has 5 heteroatoms. The second-order valence-corrected chi connectivity index (χ2v) is 6.74. The SMILES string of the molecule is COc1ccc(CNC(=O)C[NH+]2C[C@@H](C)C[C@H](C)C2)c(OC)c1. The first-order valence-electron chi connectivity index (χ1n) is 8.33. The van der Waals surface area contributed by atoms with Crippen molar-refractivity contribution in [3.05, 3.63) is 23.8 Å². The topological polar surface area (TPSA) is 52.0 Å². The van der Waals surface area contributed by atoms with Crippen molar-refractivity contribution < 1.29 is 19.2 Å². The summed E-state index contributed by atoms with van der Waals surface area (Å²) in [6.45, 7) is 7.75. The minimum atomic E-state index is 0.0965. The highest BCUT2D eigenvalue weighted by atomic mass is 16.5. The van der Waals surface area contributed by atoms with Gasteiger partial charge in [0.1, 0.15) is 11.5 Å². The molecule has 2 N–H and O–H groups in total. The molecule has 1 aromatic rings. The van der Waals surface area contributed by atoms with Crippen LogP contribution in [0.2, 0.25) is 0 Å². The molecule has 1 fully saturated rings. The maximum Gasteiger partial charge on any atom is 0.275 e. The van der Waals surface area contributed by atoms with Crippen LogP contribution >= 0.6 is 0 Å². The third-order valence-corrected chi connectivity index (χ3v) is 4.46. The number of benzene rings is 1. The summed E-state index contributed by atoms with van der Waals surface area (Å²) in [5, 5.41) is 3.01. The Bertz CT molecular complexity index is 523. The van der Waals surface area contributed by atoms with Crippen LogP contribution in [0.1, 0.15) is 25.8 Å². The van der Waals surface area contributed by atoms with E-state index < -0.39 is 0 Å². The monoisotopic (exact) mass is 321 g/mol. The van der Waals surface area contributed by atoms with E-state index in [2.05, 4.69) is 19.2 Å². The zero-order valence-electron chi connectivity index (χ0n) is 14.6. The second kappa shape index (κ2) is 8.20. The summed E-state index contributed by atoms with van der Waals surface area (Å²) < 4.78 is 10.5. The number of quaternary nitrogens is 1. The Morgan fingerprint density at radius 2 is 1.91 bits per heavy atom. The predicted molar refractivity (Wildman–Crippen MR) is 89.9 cm³/mol. The lowest BCUT2D eigenvalue weighted by Crippen LogP contribution is -3.15. The van der Waals surface area contributed by atoms with E-state index in [0.29, 0.717) is 24.9 Å². The first-order valence-corrected chi connectivity index (χ1v) is 8.33. The van der Waals surface area contributed by atoms with Crippen molar-refractivity contribution in [1.82, 2.24) is 5.32 Å². The van der Waals surface area contributed by atoms with Crippen LogP contribution in [0, 0.1) is 11.8 Å². The number of ether oxygens (including phenoxy) is 2. The molecule has 0 saturated carbocycles. The van der Waals surface area contributed by atoms with Gasteiger partial charge in [-0.1, -0.05) is 13.8 Å². The van der Waals surface area contributed by atoms with Gasteiger partial charge >= 0.3 is 0 Å². The Labute approximate surface area is 139 Å². The van der Waals surface area contributed by atoms with Crippen molar-refractivity contribution in [2.45, 2.75) is 26.8 Å². The molecule has 1 amide bonds. The Morgan fingerprint density at radius 1 is 1.22 bits per heavy atom. The van der Waals surface area contributed by atoms with E-state index >= 15 is 0 Å². The van der Waals surface area contributed by atoms with E-state index in [-0.39, 0.29) is 5.91 Å². The van der Waals surface area contributed by atoms with Crippen LogP contribution in [0.15, 0.2) is 18.2 Å². The summed E-state index contributed by atoms with van der Waals surface area (Å²) in [4.78, 5) is 13.6. The lowest BCUT2D eigenvalue weighted by Gasteiger charge is -2.31. The van der Waals surface area contributed by atoms with Crippen molar-refractivity contribution >= 4 is 5.91 Å². The first-order chi connectivity index (χ1) is 11.0. The van der Waals surface area contributed by atoms with E-state index in [1.807, 2.05) is 18.2 Å². The number of rotatable bonds is 6. The molecule has 0 aliphatic carbocycles. The van der Waals surface area contributed by atoms with Crippen molar-refractivity contribution in [3.8, 4) is 11.5 Å². The smallest absolute Gasteiger partial charge is 0.275 e. The highest BCUT2D eigenvalue weighted by molar-refractivity contribution is 5.76. The Balaban J connectivity index is 1.87. The number of hydrogen-bond donors (Lipinski definition) is 2. The number of carbonyl (C=O) groups is 1. The largest absolute Gasteiger partial charge is 0.497 e. The highest BCUT2D eigenvalue weighted by Crippen LogP contribution is 2.24. The maximum absolute atomic E-state index is 12.2. The number of piperidine rings is 1. The molecule has 1 aliphatic rings. The van der Waals surface area contributed by atoms with Gasteiger partial charge in [-0.15, -0.1) is 0 Å². The highest BCUT2D eigenvalue weighted by Gasteiger charge is 2.26. The third-order valence-electron chi connectivity index (χ3n) is 4.46. The minimum Gasteiger partial charge on any atom is -0.497 e. The molecular weight excluding hydrogens is 292 g/mol. The van der Waals surface area contributed by atoms with E-state index in [4.69, 9.17) is 9.47 Å². The maximum atomic E-state index is 12.2. The Hall–Kier alpha value is -1.75. The summed E-state index contributed by atoms with van der Waals surface area (Å²) in [5.74, 6) is 2.97. The second-order valence-electron chi connectivity index (χ2n) is 6.74. The fourth-order valence-electron chi connectivity index (χ4n) is 3.55. The average Bonchev–Trinajstić information content (AvgIpc) is 2.51. The van der Waals surface area contributed by atoms with Gasteiger partial charge in [0, 0.05) is 30.0 Å². The molecule has 128 valence electrons. The van der Waals surface area contributed by atoms with Gasteiger partial charge in [-0.25, -0.2) is 0 Å². The van der Waals surface area contributed by atoms with E-state index in [9.17, 15) is 4.79 Å². The molecule has 5 nitrogen and oxygen atoms in total. The molecule has 1 aliphatic heterocycles. The Kier molecular flexibility index (Phi) is 6.28. The summed E-state index contributed by atoms with van der Waals surface area (Å²) in [6, 6.07) is 5.64. The molecule has 0 radical (unpaired) electrons. The number of carbonyl (C=O) groups excluding carboxylic acids is 1. The van der Waals surface area contributed by atoms with Gasteiger partial charge in [0.2, 0.25) is 0 Å². The summed E-state index contributed by atoms with van der Waals surface area (Å²) in [6.07, 6.45) is 1.27. The van der Waals surface area contributed by atoms with E-state index in [1.165, 1.54) is 11.3 Å². The molecule has 0 aromatic heterocycles. The molecule has 1 heterocycles. The molecule has 23 heavy (non-hydrogen) atoms. The van der Waals surface area contributed by atoms with Gasteiger partial charge in [-0.2, -0.15) is 0 Å². The lowest BCUT2D eigenvalue weighted by molar-refractivity contribution is -0.904. The molecule has 1 aromatic carbocycles. The average molecular weight is 321 g/mol. The predicted octanol–water partition coefficient (Wildman–Crippen LogP) is 0.881. The van der Waals surface area contributed by atoms with Crippen molar-refractivity contribution in [2.24, 2.45) is 11.8 Å². The van der Waals surface area contributed by atoms with Crippen molar-refractivity contribution in [3.63, 3.8) is 0 Å². The molecule has 1 saturated heterocycles. The fourth-order valence-corrected chi connectivity index (χ4v) is 3.55. The molecule has 2 rings (SSSR count). The number of nitrogens with one attached hydrogen (secondary N) is 2. The molecule has 0 bridgehead atoms. The summed E-state index contributed by atoms with van der Waals surface area (Å²) >= 11 is 0. The zero-order valence-corrected chi connectivity index (χ0v) is 14.6. The van der Waals surface area contributed by atoms with Crippen LogP contribution < -0.4 is 19.7 Å². The fraction of sp³-hybridized carbons (Fsp3) is 0.611. The number of methoxy groups -OCH3 is 2. The van der Waals surface area contributed by atoms with Gasteiger partial charge in [-0.3, -0.25) is 4.79 Å². The van der Waals surface area contributed by atoms with Crippen LogP contribution in [0.3, 0.4) is 0 Å². The van der Waals surface area contributed by atoms with Gasteiger partial charge in [0.15, 0.2) is 6.54 Å². The summed E-state index contributed by atoms with van der Waals surface area (Å²) in [5.41, 5.74) is 0.956. The van der Waals surface area contributed by atoms with E-state index in [0.717, 1.165) is 30.2 Å². The van der Waals surface area contributed by atoms with Gasteiger partial charge in [0.25, 0.3) is 5.91 Å². The normalized spacial score (nSPS) is 24.1. The lowest BCUT2D eigenvalue weighted by atomic mass is 9.92. The van der Waals surface area contributed by atoms with Gasteiger partial charge < -0.3 is 19.7 Å². The first kappa shape index (κ1) is 17.6.